The molecule has 6 nitrogen and oxygen atoms in total. The number of hydrogen-bond acceptors (Lipinski definition) is 4. The first kappa shape index (κ1) is 15.6. The average Bonchev–Trinajstić information content (AvgIpc) is 3.04. The molecule has 2 aromatic rings. The van der Waals surface area contributed by atoms with Crippen LogP contribution in [-0.2, 0) is 9.53 Å². The molecule has 0 saturated carbocycles. The largest absolute Gasteiger partial charge is 0.494 e. The minimum atomic E-state index is -0.901. The van der Waals surface area contributed by atoms with Crippen LogP contribution in [0.15, 0.2) is 42.6 Å². The van der Waals surface area contributed by atoms with Crippen molar-refractivity contribution in [3.63, 3.8) is 0 Å². The van der Waals surface area contributed by atoms with Gasteiger partial charge in [-0.3, -0.25) is 4.79 Å². The van der Waals surface area contributed by atoms with E-state index in [2.05, 4.69) is 10.3 Å². The number of aromatic amines is 1. The third-order valence-corrected chi connectivity index (χ3v) is 2.90. The summed E-state index contributed by atoms with van der Waals surface area (Å²) >= 11 is 0. The van der Waals surface area contributed by atoms with Gasteiger partial charge in [-0.2, -0.15) is 0 Å². The van der Waals surface area contributed by atoms with Crippen LogP contribution in [0.25, 0.3) is 0 Å². The van der Waals surface area contributed by atoms with Crippen LogP contribution < -0.4 is 10.1 Å². The summed E-state index contributed by atoms with van der Waals surface area (Å²) in [5.74, 6) is -0.241. The second-order valence-corrected chi connectivity index (χ2v) is 4.58. The van der Waals surface area contributed by atoms with E-state index in [1.54, 1.807) is 42.6 Å². The fraction of sp³-hybridized carbons (Fsp3) is 0.250. The van der Waals surface area contributed by atoms with Crippen LogP contribution in [0.2, 0.25) is 0 Å². The third-order valence-electron chi connectivity index (χ3n) is 2.90. The van der Waals surface area contributed by atoms with E-state index in [0.717, 1.165) is 5.75 Å². The predicted molar refractivity (Wildman–Crippen MR) is 81.9 cm³/mol. The Bertz CT molecular complexity index is 620. The summed E-state index contributed by atoms with van der Waals surface area (Å²) in [7, 11) is 0. The maximum atomic E-state index is 12.0. The Labute approximate surface area is 128 Å². The van der Waals surface area contributed by atoms with Gasteiger partial charge in [0.25, 0.3) is 5.91 Å². The van der Waals surface area contributed by atoms with Crippen molar-refractivity contribution in [2.24, 2.45) is 0 Å². The van der Waals surface area contributed by atoms with Gasteiger partial charge >= 0.3 is 5.97 Å². The van der Waals surface area contributed by atoms with E-state index in [4.69, 9.17) is 9.47 Å². The summed E-state index contributed by atoms with van der Waals surface area (Å²) in [4.78, 5) is 26.5. The highest BCUT2D eigenvalue weighted by Crippen LogP contribution is 2.16. The highest BCUT2D eigenvalue weighted by Gasteiger charge is 2.19. The number of ether oxygens (including phenoxy) is 2. The first-order chi connectivity index (χ1) is 10.6. The molecule has 1 heterocycles. The number of rotatable bonds is 6. The zero-order chi connectivity index (χ0) is 15.9. The monoisotopic (exact) mass is 302 g/mol. The standard InChI is InChI=1S/C16H18N2O4/c1-3-21-13-8-6-12(7-9-13)18-15(19)11(2)22-16(20)14-5-4-10-17-14/h4-11,17H,3H2,1-2H3,(H,18,19)/t11-/m1/s1. The number of amides is 1. The van der Waals surface area contributed by atoms with E-state index in [1.165, 1.54) is 6.92 Å². The molecule has 116 valence electrons. The zero-order valence-electron chi connectivity index (χ0n) is 12.5. The lowest BCUT2D eigenvalue weighted by Gasteiger charge is -2.13. The molecular weight excluding hydrogens is 284 g/mol. The first-order valence-corrected chi connectivity index (χ1v) is 6.98. The number of esters is 1. The van der Waals surface area contributed by atoms with Crippen LogP contribution in [0.4, 0.5) is 5.69 Å². The van der Waals surface area contributed by atoms with Gasteiger partial charge in [-0.15, -0.1) is 0 Å². The molecule has 22 heavy (non-hydrogen) atoms. The second kappa shape index (κ2) is 7.31. The predicted octanol–water partition coefficient (Wildman–Crippen LogP) is 2.60. The van der Waals surface area contributed by atoms with E-state index >= 15 is 0 Å². The average molecular weight is 302 g/mol. The van der Waals surface area contributed by atoms with Crippen molar-refractivity contribution in [1.29, 1.82) is 0 Å². The van der Waals surface area contributed by atoms with E-state index in [-0.39, 0.29) is 0 Å². The van der Waals surface area contributed by atoms with E-state index in [0.29, 0.717) is 18.0 Å². The molecular formula is C16H18N2O4. The topological polar surface area (TPSA) is 80.4 Å². The molecule has 6 heteroatoms. The first-order valence-electron chi connectivity index (χ1n) is 6.98. The van der Waals surface area contributed by atoms with E-state index < -0.39 is 18.0 Å². The molecule has 0 aliphatic rings. The lowest BCUT2D eigenvalue weighted by molar-refractivity contribution is -0.123. The van der Waals surface area contributed by atoms with Crippen molar-refractivity contribution in [2.45, 2.75) is 20.0 Å². The summed E-state index contributed by atoms with van der Waals surface area (Å²) in [6.45, 7) is 4.00. The van der Waals surface area contributed by atoms with Gasteiger partial charge in [0, 0.05) is 11.9 Å². The number of H-pyrrole nitrogens is 1. The zero-order valence-corrected chi connectivity index (χ0v) is 12.5. The molecule has 2 rings (SSSR count). The molecule has 1 aromatic heterocycles. The highest BCUT2D eigenvalue weighted by molar-refractivity contribution is 5.96. The van der Waals surface area contributed by atoms with Gasteiger partial charge in [-0.25, -0.2) is 4.79 Å². The molecule has 1 atom stereocenters. The maximum Gasteiger partial charge on any atom is 0.355 e. The smallest absolute Gasteiger partial charge is 0.355 e. The number of aromatic nitrogens is 1. The van der Waals surface area contributed by atoms with Gasteiger partial charge in [-0.05, 0) is 50.2 Å². The molecule has 1 amide bonds. The SMILES string of the molecule is CCOc1ccc(NC(=O)[C@@H](C)OC(=O)c2ccc[nH]2)cc1. The van der Waals surface area contributed by atoms with Crippen LogP contribution in [0.1, 0.15) is 24.3 Å². The molecule has 0 radical (unpaired) electrons. The van der Waals surface area contributed by atoms with Gasteiger partial charge in [0.1, 0.15) is 11.4 Å². The van der Waals surface area contributed by atoms with E-state index in [1.807, 2.05) is 6.92 Å². The maximum absolute atomic E-state index is 12.0. The number of carbonyl (C=O) groups excluding carboxylic acids is 2. The molecule has 0 fully saturated rings. The number of nitrogens with one attached hydrogen (secondary N) is 2. The quantitative estimate of drug-likeness (QED) is 0.804. The van der Waals surface area contributed by atoms with Crippen molar-refractivity contribution in [3.8, 4) is 5.75 Å². The van der Waals surface area contributed by atoms with Crippen LogP contribution in [0.5, 0.6) is 5.75 Å². The van der Waals surface area contributed by atoms with Crippen LogP contribution >= 0.6 is 0 Å². The molecule has 0 unspecified atom stereocenters. The molecule has 2 N–H and O–H groups in total. The molecule has 0 bridgehead atoms. The summed E-state index contributed by atoms with van der Waals surface area (Å²) in [5, 5.41) is 2.68. The lowest BCUT2D eigenvalue weighted by Crippen LogP contribution is -2.30. The van der Waals surface area contributed by atoms with Crippen molar-refractivity contribution in [3.05, 3.63) is 48.3 Å². The number of benzene rings is 1. The lowest BCUT2D eigenvalue weighted by atomic mass is 10.3. The Hall–Kier alpha value is -2.76. The fourth-order valence-corrected chi connectivity index (χ4v) is 1.78. The Balaban J connectivity index is 1.89. The Morgan fingerprint density at radius 3 is 2.55 bits per heavy atom. The molecule has 0 aliphatic carbocycles. The summed E-state index contributed by atoms with van der Waals surface area (Å²) in [6.07, 6.45) is 0.712. The van der Waals surface area contributed by atoms with Gasteiger partial charge in [0.15, 0.2) is 6.10 Å². The van der Waals surface area contributed by atoms with Crippen LogP contribution in [0, 0.1) is 0 Å². The number of hydrogen-bond donors (Lipinski definition) is 2. The van der Waals surface area contributed by atoms with Crippen molar-refractivity contribution < 1.29 is 19.1 Å². The van der Waals surface area contributed by atoms with Crippen molar-refractivity contribution >= 4 is 17.6 Å². The van der Waals surface area contributed by atoms with Gasteiger partial charge < -0.3 is 19.8 Å². The third kappa shape index (κ3) is 4.12. The van der Waals surface area contributed by atoms with Gasteiger partial charge in [0.2, 0.25) is 0 Å². The van der Waals surface area contributed by atoms with Crippen molar-refractivity contribution in [2.75, 3.05) is 11.9 Å². The highest BCUT2D eigenvalue weighted by atomic mass is 16.5. The Morgan fingerprint density at radius 1 is 1.23 bits per heavy atom. The van der Waals surface area contributed by atoms with E-state index in [9.17, 15) is 9.59 Å². The Kier molecular flexibility index (Phi) is 5.19. The molecule has 0 spiro atoms. The van der Waals surface area contributed by atoms with Gasteiger partial charge in [0.05, 0.1) is 6.61 Å². The molecule has 0 saturated heterocycles. The molecule has 0 aliphatic heterocycles. The Morgan fingerprint density at radius 2 is 1.95 bits per heavy atom. The van der Waals surface area contributed by atoms with Crippen LogP contribution in [-0.4, -0.2) is 29.6 Å². The minimum absolute atomic E-state index is 0.306. The summed E-state index contributed by atoms with van der Waals surface area (Å²) in [5.41, 5.74) is 0.914. The number of carbonyl (C=O) groups is 2. The summed E-state index contributed by atoms with van der Waals surface area (Å²) in [6, 6.07) is 10.2. The second-order valence-electron chi connectivity index (χ2n) is 4.58. The summed E-state index contributed by atoms with van der Waals surface area (Å²) < 4.78 is 10.4. The number of anilines is 1. The van der Waals surface area contributed by atoms with Crippen LogP contribution in [0.3, 0.4) is 0 Å². The fourth-order valence-electron chi connectivity index (χ4n) is 1.78. The minimum Gasteiger partial charge on any atom is -0.494 e. The molecule has 1 aromatic carbocycles. The van der Waals surface area contributed by atoms with Gasteiger partial charge in [-0.1, -0.05) is 0 Å². The van der Waals surface area contributed by atoms with Crippen molar-refractivity contribution in [1.82, 2.24) is 4.98 Å². The normalized spacial score (nSPS) is 11.5.